The highest BCUT2D eigenvalue weighted by atomic mass is 19.1. The third-order valence-electron chi connectivity index (χ3n) is 7.61. The fraction of sp³-hybridized carbons (Fsp3) is 0.250. The van der Waals surface area contributed by atoms with Crippen molar-refractivity contribution in [2.45, 2.75) is 38.8 Å². The number of aliphatic hydroxyl groups is 2. The van der Waals surface area contributed by atoms with Crippen LogP contribution in [0.5, 0.6) is 11.5 Å². The van der Waals surface area contributed by atoms with Crippen LogP contribution < -0.4 is 5.73 Å². The Bertz CT molecular complexity index is 1590. The second-order valence-corrected chi connectivity index (χ2v) is 9.67. The Kier molecular flexibility index (Phi) is 5.47. The minimum atomic E-state index is -2.62. The number of carbonyl (C=O) groups is 2. The Balaban J connectivity index is 1.75. The van der Waals surface area contributed by atoms with E-state index >= 15 is 0 Å². The van der Waals surface area contributed by atoms with Crippen molar-refractivity contribution in [3.63, 3.8) is 0 Å². The van der Waals surface area contributed by atoms with Crippen molar-refractivity contribution in [1.29, 1.82) is 0 Å². The minimum Gasteiger partial charge on any atom is -0.508 e. The third kappa shape index (κ3) is 3.31. The first-order valence-corrected chi connectivity index (χ1v) is 11.7. The number of hydrogen-bond acceptors (Lipinski definition) is 8. The Labute approximate surface area is 211 Å². The van der Waals surface area contributed by atoms with Gasteiger partial charge in [0.25, 0.3) is 0 Å². The first-order valence-electron chi connectivity index (χ1n) is 11.7. The number of aromatic hydroxyl groups is 2. The van der Waals surface area contributed by atoms with Crippen molar-refractivity contribution in [3.8, 4) is 11.5 Å². The molecule has 0 bridgehead atoms. The van der Waals surface area contributed by atoms with Gasteiger partial charge in [0.05, 0.1) is 34.0 Å². The van der Waals surface area contributed by atoms with Crippen LogP contribution in [-0.4, -0.2) is 49.3 Å². The number of phenols is 2. The molecular formula is C28H25FN2O6. The van der Waals surface area contributed by atoms with Gasteiger partial charge >= 0.3 is 0 Å². The number of ketones is 2. The molecule has 6 N–H and O–H groups in total. The number of rotatable bonds is 2. The fourth-order valence-corrected chi connectivity index (χ4v) is 5.53. The molecule has 9 heteroatoms. The summed E-state index contributed by atoms with van der Waals surface area (Å²) in [6, 6.07) is 7.10. The highest BCUT2D eigenvalue weighted by Gasteiger charge is 2.60. The highest BCUT2D eigenvalue weighted by molar-refractivity contribution is 6.27. The van der Waals surface area contributed by atoms with Crippen LogP contribution in [-0.2, 0) is 11.2 Å². The molecule has 5 rings (SSSR count). The van der Waals surface area contributed by atoms with Crippen LogP contribution >= 0.6 is 0 Å². The number of aliphatic imine (C=N–C) groups is 1. The number of aliphatic hydroxyl groups excluding tert-OH is 1. The monoisotopic (exact) mass is 504 g/mol. The van der Waals surface area contributed by atoms with Crippen LogP contribution in [0.3, 0.4) is 0 Å². The van der Waals surface area contributed by atoms with Gasteiger partial charge in [0.15, 0.2) is 11.4 Å². The topological polar surface area (TPSA) is 153 Å². The average molecular weight is 505 g/mol. The van der Waals surface area contributed by atoms with Gasteiger partial charge in [0.2, 0.25) is 5.78 Å². The van der Waals surface area contributed by atoms with Gasteiger partial charge in [-0.15, -0.1) is 0 Å². The SMILES string of the molecule is CC(=Nc1ccc(F)cc1)C1=C(O)[C@@]2(O)C(=O)c3c(c(C)c4ccc(C)c(O)c4c3O)C[C@H]2[C@@H](N)C1=O. The fourth-order valence-electron chi connectivity index (χ4n) is 5.53. The number of phenolic OH excluding ortho intramolecular Hbond substituents is 2. The number of carbonyl (C=O) groups excluding carboxylic acids is 2. The minimum absolute atomic E-state index is 0.0257. The number of Topliss-reactive ketones (excluding diaryl/α,β-unsaturated/α-hetero) is 2. The summed E-state index contributed by atoms with van der Waals surface area (Å²) in [6.07, 6.45) is -0.0834. The molecule has 0 unspecified atom stereocenters. The largest absolute Gasteiger partial charge is 0.508 e. The summed E-state index contributed by atoms with van der Waals surface area (Å²) in [6.45, 7) is 4.76. The van der Waals surface area contributed by atoms with Crippen LogP contribution in [0.2, 0.25) is 0 Å². The number of halogens is 1. The second kappa shape index (κ2) is 8.22. The lowest BCUT2D eigenvalue weighted by molar-refractivity contribution is -0.122. The van der Waals surface area contributed by atoms with Gasteiger partial charge in [-0.1, -0.05) is 12.1 Å². The van der Waals surface area contributed by atoms with E-state index in [-0.39, 0.29) is 34.5 Å². The smallest absolute Gasteiger partial charge is 0.206 e. The molecule has 0 saturated heterocycles. The van der Waals surface area contributed by atoms with Gasteiger partial charge in [-0.25, -0.2) is 4.39 Å². The van der Waals surface area contributed by atoms with Crippen molar-refractivity contribution in [1.82, 2.24) is 0 Å². The quantitative estimate of drug-likeness (QED) is 0.334. The van der Waals surface area contributed by atoms with Crippen LogP contribution in [0.4, 0.5) is 10.1 Å². The molecular weight excluding hydrogens is 479 g/mol. The number of nitrogens with two attached hydrogens (primary N) is 1. The molecule has 190 valence electrons. The lowest BCUT2D eigenvalue weighted by Gasteiger charge is -2.45. The first kappa shape index (κ1) is 24.6. The maximum absolute atomic E-state index is 13.9. The summed E-state index contributed by atoms with van der Waals surface area (Å²) >= 11 is 0. The van der Waals surface area contributed by atoms with Crippen molar-refractivity contribution in [2.75, 3.05) is 0 Å². The summed E-state index contributed by atoms with van der Waals surface area (Å²) in [5.74, 6) is -5.07. The normalized spacial score (nSPS) is 23.9. The molecule has 0 aromatic heterocycles. The summed E-state index contributed by atoms with van der Waals surface area (Å²) < 4.78 is 13.3. The van der Waals surface area contributed by atoms with E-state index in [2.05, 4.69) is 4.99 Å². The first-order chi connectivity index (χ1) is 17.4. The Hall–Kier alpha value is -4.08. The Morgan fingerprint density at radius 2 is 1.70 bits per heavy atom. The number of hydrogen-bond donors (Lipinski definition) is 5. The standard InChI is InChI=1S/C28H25FN2O6/c1-11-4-9-16-12(2)17-10-18-22(30)25(34)19(13(3)31-15-7-5-14(29)6-8-15)26(35)28(18,37)27(36)21(17)24(33)20(16)23(11)32/h4-9,18,22,32-33,35,37H,10,30H2,1-3H3/t18-,22+,28+/m0/s1. The van der Waals surface area contributed by atoms with Gasteiger partial charge in [0.1, 0.15) is 23.1 Å². The maximum Gasteiger partial charge on any atom is 0.206 e. The molecule has 37 heavy (non-hydrogen) atoms. The van der Waals surface area contributed by atoms with Crippen molar-refractivity contribution in [2.24, 2.45) is 16.6 Å². The summed E-state index contributed by atoms with van der Waals surface area (Å²) in [4.78, 5) is 31.4. The van der Waals surface area contributed by atoms with E-state index in [1.807, 2.05) is 0 Å². The van der Waals surface area contributed by atoms with Gasteiger partial charge in [-0.3, -0.25) is 14.6 Å². The molecule has 0 heterocycles. The molecule has 0 radical (unpaired) electrons. The van der Waals surface area contributed by atoms with E-state index in [0.717, 1.165) is 0 Å². The molecule has 2 aliphatic carbocycles. The van der Waals surface area contributed by atoms with Crippen LogP contribution in [0.1, 0.15) is 34.0 Å². The molecule has 3 aromatic rings. The summed E-state index contributed by atoms with van der Waals surface area (Å²) in [7, 11) is 0. The van der Waals surface area contributed by atoms with Crippen LogP contribution in [0.15, 0.2) is 52.7 Å². The van der Waals surface area contributed by atoms with Gasteiger partial charge in [-0.05, 0) is 73.5 Å². The van der Waals surface area contributed by atoms with Gasteiger partial charge in [0, 0.05) is 5.92 Å². The number of aryl methyl sites for hydroxylation is 2. The van der Waals surface area contributed by atoms with Crippen LogP contribution in [0, 0.1) is 25.6 Å². The second-order valence-electron chi connectivity index (χ2n) is 9.67. The van der Waals surface area contributed by atoms with Gasteiger partial charge < -0.3 is 26.2 Å². The molecule has 0 fully saturated rings. The van der Waals surface area contributed by atoms with Crippen molar-refractivity contribution < 1.29 is 34.4 Å². The summed E-state index contributed by atoms with van der Waals surface area (Å²) in [5, 5.41) is 45.3. The molecule has 3 atom stereocenters. The molecule has 0 spiro atoms. The molecule has 2 aliphatic rings. The zero-order chi connectivity index (χ0) is 27.0. The Morgan fingerprint density at radius 1 is 1.05 bits per heavy atom. The lowest BCUT2D eigenvalue weighted by Crippen LogP contribution is -2.63. The molecule has 0 aliphatic heterocycles. The third-order valence-corrected chi connectivity index (χ3v) is 7.61. The number of nitrogens with zero attached hydrogens (tertiary/aromatic N) is 1. The van der Waals surface area contributed by atoms with E-state index < -0.39 is 52.0 Å². The zero-order valence-corrected chi connectivity index (χ0v) is 20.3. The van der Waals surface area contributed by atoms with E-state index in [9.17, 15) is 34.4 Å². The van der Waals surface area contributed by atoms with E-state index in [1.54, 1.807) is 26.0 Å². The van der Waals surface area contributed by atoms with E-state index in [1.165, 1.54) is 31.2 Å². The highest BCUT2D eigenvalue weighted by Crippen LogP contribution is 2.50. The number of benzene rings is 3. The van der Waals surface area contributed by atoms with Crippen molar-refractivity contribution >= 4 is 33.7 Å². The predicted octanol–water partition coefficient (Wildman–Crippen LogP) is 3.61. The number of fused-ring (bicyclic) bond motifs is 3. The Morgan fingerprint density at radius 3 is 2.35 bits per heavy atom. The van der Waals surface area contributed by atoms with Gasteiger partial charge in [-0.2, -0.15) is 0 Å². The maximum atomic E-state index is 13.9. The molecule has 0 saturated carbocycles. The summed E-state index contributed by atoms with van der Waals surface area (Å²) in [5.41, 5.74) is 4.68. The van der Waals surface area contributed by atoms with E-state index in [0.29, 0.717) is 22.1 Å². The molecule has 3 aromatic carbocycles. The van der Waals surface area contributed by atoms with E-state index in [4.69, 9.17) is 5.73 Å². The molecule has 0 amide bonds. The average Bonchev–Trinajstić information content (AvgIpc) is 2.85. The molecule has 8 nitrogen and oxygen atoms in total. The zero-order valence-electron chi connectivity index (χ0n) is 20.3. The lowest BCUT2D eigenvalue weighted by atomic mass is 9.61. The van der Waals surface area contributed by atoms with Crippen LogP contribution in [0.25, 0.3) is 10.8 Å². The van der Waals surface area contributed by atoms with Crippen molar-refractivity contribution in [3.05, 3.63) is 75.8 Å². The predicted molar refractivity (Wildman–Crippen MR) is 135 cm³/mol.